The molecule has 0 unspecified atom stereocenters. The molecule has 24 heavy (non-hydrogen) atoms. The fourth-order valence-corrected chi connectivity index (χ4v) is 4.15. The molecule has 0 bridgehead atoms. The molecule has 4 rings (SSSR count). The number of hydrogen-bond acceptors (Lipinski definition) is 3. The van der Waals surface area contributed by atoms with Crippen LogP contribution >= 0.6 is 0 Å². The molecule has 5 nitrogen and oxygen atoms in total. The monoisotopic (exact) mass is 324 g/mol. The highest BCUT2D eigenvalue weighted by Crippen LogP contribution is 2.37. The van der Waals surface area contributed by atoms with Gasteiger partial charge in [-0.1, -0.05) is 18.2 Å². The van der Waals surface area contributed by atoms with Gasteiger partial charge in [0.15, 0.2) is 0 Å². The Labute approximate surface area is 142 Å². The van der Waals surface area contributed by atoms with Gasteiger partial charge in [-0.15, -0.1) is 0 Å². The summed E-state index contributed by atoms with van der Waals surface area (Å²) in [5.41, 5.74) is 4.67. The third-order valence-electron chi connectivity index (χ3n) is 5.59. The largest absolute Gasteiger partial charge is 0.324 e. The molecule has 126 valence electrons. The van der Waals surface area contributed by atoms with Crippen molar-refractivity contribution in [3.05, 3.63) is 47.3 Å². The third-order valence-corrected chi connectivity index (χ3v) is 5.59. The van der Waals surface area contributed by atoms with Gasteiger partial charge in [0.2, 0.25) is 5.91 Å². The van der Waals surface area contributed by atoms with E-state index in [2.05, 4.69) is 28.3 Å². The second kappa shape index (κ2) is 6.06. The van der Waals surface area contributed by atoms with Crippen LogP contribution in [-0.2, 0) is 18.3 Å². The van der Waals surface area contributed by atoms with Crippen molar-refractivity contribution in [3.63, 3.8) is 0 Å². The van der Waals surface area contributed by atoms with Crippen LogP contribution in [0.2, 0.25) is 0 Å². The Kier molecular flexibility index (Phi) is 3.88. The highest BCUT2D eigenvalue weighted by molar-refractivity contribution is 5.96. The number of aryl methyl sites for hydroxylation is 2. The van der Waals surface area contributed by atoms with Crippen LogP contribution in [0.5, 0.6) is 0 Å². The first-order valence-electron chi connectivity index (χ1n) is 8.78. The molecule has 1 N–H and O–H groups in total. The van der Waals surface area contributed by atoms with E-state index < -0.39 is 0 Å². The second-order valence-electron chi connectivity index (χ2n) is 6.91. The highest BCUT2D eigenvalue weighted by Gasteiger charge is 2.37. The highest BCUT2D eigenvalue weighted by atomic mass is 16.2. The predicted octanol–water partition coefficient (Wildman–Crippen LogP) is 2.82. The molecule has 0 spiro atoms. The number of fused-ring (bicyclic) bond motifs is 1. The molecular weight excluding hydrogens is 300 g/mol. The Hall–Kier alpha value is -2.14. The Morgan fingerprint density at radius 1 is 1.21 bits per heavy atom. The fraction of sp³-hybridized carbons (Fsp3) is 0.474. The number of rotatable bonds is 2. The van der Waals surface area contributed by atoms with E-state index in [0.29, 0.717) is 6.04 Å². The van der Waals surface area contributed by atoms with Crippen molar-refractivity contribution in [2.45, 2.75) is 44.7 Å². The van der Waals surface area contributed by atoms with Crippen LogP contribution in [0.25, 0.3) is 0 Å². The predicted molar refractivity (Wildman–Crippen MR) is 93.8 cm³/mol. The molecule has 5 heteroatoms. The first-order valence-corrected chi connectivity index (χ1v) is 8.78. The normalized spacial score (nSPS) is 24.5. The lowest BCUT2D eigenvalue weighted by Crippen LogP contribution is -2.43. The van der Waals surface area contributed by atoms with Crippen LogP contribution in [0.1, 0.15) is 42.1 Å². The summed E-state index contributed by atoms with van der Waals surface area (Å²) in [7, 11) is 1.98. The molecule has 0 aliphatic carbocycles. The number of likely N-dealkylation sites (tertiary alicyclic amines) is 1. The number of hydrogen-bond donors (Lipinski definition) is 1. The smallest absolute Gasteiger partial charge is 0.241 e. The van der Waals surface area contributed by atoms with E-state index in [4.69, 9.17) is 0 Å². The Balaban J connectivity index is 1.61. The van der Waals surface area contributed by atoms with Crippen LogP contribution < -0.4 is 5.32 Å². The van der Waals surface area contributed by atoms with Crippen LogP contribution in [-0.4, -0.2) is 33.2 Å². The number of amides is 1. The molecule has 1 aromatic heterocycles. The van der Waals surface area contributed by atoms with Crippen LogP contribution in [0, 0.1) is 6.92 Å². The summed E-state index contributed by atoms with van der Waals surface area (Å²) in [5, 5.41) is 7.54. The van der Waals surface area contributed by atoms with Crippen LogP contribution in [0.3, 0.4) is 0 Å². The van der Waals surface area contributed by atoms with Gasteiger partial charge in [0, 0.05) is 30.0 Å². The molecule has 1 amide bonds. The van der Waals surface area contributed by atoms with E-state index in [9.17, 15) is 4.79 Å². The zero-order chi connectivity index (χ0) is 16.7. The average Bonchev–Trinajstić information content (AvgIpc) is 3.12. The number of carbonyl (C=O) groups is 1. The zero-order valence-electron chi connectivity index (χ0n) is 14.3. The Morgan fingerprint density at radius 3 is 2.83 bits per heavy atom. The second-order valence-corrected chi connectivity index (χ2v) is 6.91. The van der Waals surface area contributed by atoms with Crippen molar-refractivity contribution < 1.29 is 4.79 Å². The van der Waals surface area contributed by atoms with Crippen molar-refractivity contribution in [1.82, 2.24) is 14.7 Å². The van der Waals surface area contributed by atoms with Gasteiger partial charge in [-0.25, -0.2) is 0 Å². The van der Waals surface area contributed by atoms with Crippen molar-refractivity contribution in [3.8, 4) is 0 Å². The molecule has 2 aliphatic heterocycles. The van der Waals surface area contributed by atoms with E-state index in [1.54, 1.807) is 0 Å². The summed E-state index contributed by atoms with van der Waals surface area (Å²) in [5.74, 6) is 0.133. The molecule has 2 aromatic rings. The van der Waals surface area contributed by atoms with E-state index >= 15 is 0 Å². The fourth-order valence-electron chi connectivity index (χ4n) is 4.15. The van der Waals surface area contributed by atoms with Crippen molar-refractivity contribution >= 4 is 11.6 Å². The van der Waals surface area contributed by atoms with Gasteiger partial charge in [0.25, 0.3) is 0 Å². The number of para-hydroxylation sites is 1. The molecular formula is C19H24N4O. The summed E-state index contributed by atoms with van der Waals surface area (Å²) in [6.45, 7) is 3.09. The molecule has 1 saturated heterocycles. The number of nitrogens with zero attached hydrogens (tertiary/aromatic N) is 3. The summed E-state index contributed by atoms with van der Waals surface area (Å²) >= 11 is 0. The number of benzene rings is 1. The van der Waals surface area contributed by atoms with Gasteiger partial charge < -0.3 is 5.32 Å². The third kappa shape index (κ3) is 2.53. The van der Waals surface area contributed by atoms with E-state index in [0.717, 1.165) is 37.9 Å². The maximum absolute atomic E-state index is 12.9. The minimum Gasteiger partial charge on any atom is -0.324 e. The lowest BCUT2D eigenvalue weighted by molar-refractivity contribution is -0.121. The minimum atomic E-state index is -0.0653. The molecule has 1 fully saturated rings. The zero-order valence-corrected chi connectivity index (χ0v) is 14.3. The van der Waals surface area contributed by atoms with Gasteiger partial charge in [-0.05, 0) is 50.8 Å². The SMILES string of the molecule is Cc1c([C@H]2CCCN2[C@H]2CCc3ccccc3NC2=O)cnn1C. The molecule has 2 aliphatic rings. The Morgan fingerprint density at radius 2 is 2.04 bits per heavy atom. The number of nitrogens with one attached hydrogen (secondary N) is 1. The van der Waals surface area contributed by atoms with Gasteiger partial charge in [0.05, 0.1) is 12.2 Å². The van der Waals surface area contributed by atoms with Crippen molar-refractivity contribution in [2.75, 3.05) is 11.9 Å². The lowest BCUT2D eigenvalue weighted by Gasteiger charge is -2.31. The molecule has 3 heterocycles. The first kappa shape index (κ1) is 15.4. The van der Waals surface area contributed by atoms with Gasteiger partial charge >= 0.3 is 0 Å². The van der Waals surface area contributed by atoms with Crippen LogP contribution in [0.4, 0.5) is 5.69 Å². The Bertz CT molecular complexity index is 766. The lowest BCUT2D eigenvalue weighted by atomic mass is 10.0. The standard InChI is InChI=1S/C19H24N4O/c1-13-15(12-20-22(13)2)17-8-5-11-23(17)18-10-9-14-6-3-4-7-16(14)21-19(18)24/h3-4,6-7,12,17-18H,5,8-11H2,1-2H3,(H,21,24)/t17-,18+/m1/s1. The summed E-state index contributed by atoms with van der Waals surface area (Å²) < 4.78 is 1.93. The summed E-state index contributed by atoms with van der Waals surface area (Å²) in [4.78, 5) is 15.3. The minimum absolute atomic E-state index is 0.0653. The van der Waals surface area contributed by atoms with Gasteiger partial charge in [0.1, 0.15) is 0 Å². The van der Waals surface area contributed by atoms with Gasteiger partial charge in [-0.3, -0.25) is 14.4 Å². The topological polar surface area (TPSA) is 50.2 Å². The maximum Gasteiger partial charge on any atom is 0.241 e. The first-order chi connectivity index (χ1) is 11.6. The molecule has 2 atom stereocenters. The van der Waals surface area contributed by atoms with Crippen molar-refractivity contribution in [1.29, 1.82) is 0 Å². The maximum atomic E-state index is 12.9. The van der Waals surface area contributed by atoms with Crippen LogP contribution in [0.15, 0.2) is 30.5 Å². The average molecular weight is 324 g/mol. The van der Waals surface area contributed by atoms with Crippen molar-refractivity contribution in [2.24, 2.45) is 7.05 Å². The van der Waals surface area contributed by atoms with E-state index in [-0.39, 0.29) is 11.9 Å². The van der Waals surface area contributed by atoms with E-state index in [1.165, 1.54) is 16.8 Å². The van der Waals surface area contributed by atoms with Gasteiger partial charge in [-0.2, -0.15) is 5.10 Å². The molecule has 1 aromatic carbocycles. The molecule has 0 radical (unpaired) electrons. The summed E-state index contributed by atoms with van der Waals surface area (Å²) in [6, 6.07) is 8.38. The quantitative estimate of drug-likeness (QED) is 0.924. The number of carbonyl (C=O) groups excluding carboxylic acids is 1. The number of anilines is 1. The number of aromatic nitrogens is 2. The van der Waals surface area contributed by atoms with E-state index in [1.807, 2.05) is 36.1 Å². The molecule has 0 saturated carbocycles. The summed E-state index contributed by atoms with van der Waals surface area (Å²) in [6.07, 6.45) is 6.02.